The van der Waals surface area contributed by atoms with Gasteiger partial charge in [-0.15, -0.1) is 11.3 Å². The van der Waals surface area contributed by atoms with Gasteiger partial charge in [0.15, 0.2) is 5.82 Å². The third-order valence-electron chi connectivity index (χ3n) is 3.65. The molecule has 0 unspecified atom stereocenters. The number of rotatable bonds is 6. The third-order valence-corrected chi connectivity index (χ3v) is 5.38. The van der Waals surface area contributed by atoms with Crippen LogP contribution in [0.3, 0.4) is 0 Å². The molecular weight excluding hydrogens is 375 g/mol. The van der Waals surface area contributed by atoms with Gasteiger partial charge in [-0.3, -0.25) is 0 Å². The van der Waals surface area contributed by atoms with Crippen LogP contribution in [0, 0.1) is 6.92 Å². The second kappa shape index (κ2) is 7.60. The highest BCUT2D eigenvalue weighted by Gasteiger charge is 2.14. The lowest BCUT2D eigenvalue weighted by atomic mass is 10.2. The lowest BCUT2D eigenvalue weighted by Gasteiger charge is -2.11. The van der Waals surface area contributed by atoms with Crippen LogP contribution in [0.1, 0.15) is 17.7 Å². The molecule has 0 bridgehead atoms. The Morgan fingerprint density at radius 3 is 2.48 bits per heavy atom. The summed E-state index contributed by atoms with van der Waals surface area (Å²) < 4.78 is 0. The maximum Gasteiger partial charge on any atom is 0.154 e. The zero-order valence-electron chi connectivity index (χ0n) is 13.8. The average Bonchev–Trinajstić information content (AvgIpc) is 2.98. The van der Waals surface area contributed by atoms with Crippen molar-refractivity contribution in [2.24, 2.45) is 5.73 Å². The van der Waals surface area contributed by atoms with E-state index in [1.807, 2.05) is 0 Å². The monoisotopic (exact) mass is 392 g/mol. The number of halogens is 2. The largest absolute Gasteiger partial charge is 0.403 e. The molecule has 0 atom stereocenters. The molecule has 3 N–H and O–H groups in total. The van der Waals surface area contributed by atoms with Crippen LogP contribution in [0.2, 0.25) is 10.0 Å². The highest BCUT2D eigenvalue weighted by Crippen LogP contribution is 2.34. The number of aromatic nitrogens is 2. The Hall–Kier alpha value is -1.82. The van der Waals surface area contributed by atoms with Crippen LogP contribution >= 0.6 is 34.5 Å². The number of fused-ring (bicyclic) bond motifs is 1. The second-order valence-corrected chi connectivity index (χ2v) is 7.88. The van der Waals surface area contributed by atoms with Gasteiger partial charge in [0, 0.05) is 17.1 Å². The Bertz CT molecular complexity index is 936. The standard InChI is InChI=1S/C18H18Cl2N4S/c1-10(21)4-3-7-22-18-17(16-6-5-11(2)25-16)23-14-8-12(19)13(20)9-15(14)24-18/h5-6,8-9H,1,3-4,7,21H2,2H3,(H,22,24). The molecule has 130 valence electrons. The van der Waals surface area contributed by atoms with Crippen molar-refractivity contribution in [1.82, 2.24) is 9.97 Å². The Kier molecular flexibility index (Phi) is 5.47. The number of nitrogens with zero attached hydrogens (tertiary/aromatic N) is 2. The molecule has 0 saturated heterocycles. The van der Waals surface area contributed by atoms with Crippen molar-refractivity contribution < 1.29 is 0 Å². The number of allylic oxidation sites excluding steroid dienone is 1. The molecule has 3 rings (SSSR count). The number of hydrogen-bond donors (Lipinski definition) is 2. The Morgan fingerprint density at radius 1 is 1.20 bits per heavy atom. The van der Waals surface area contributed by atoms with Gasteiger partial charge in [-0.2, -0.15) is 0 Å². The van der Waals surface area contributed by atoms with E-state index in [9.17, 15) is 0 Å². The molecule has 4 nitrogen and oxygen atoms in total. The summed E-state index contributed by atoms with van der Waals surface area (Å²) in [5.41, 5.74) is 8.55. The fourth-order valence-electron chi connectivity index (χ4n) is 2.43. The zero-order chi connectivity index (χ0) is 18.0. The lowest BCUT2D eigenvalue weighted by molar-refractivity contribution is 0.843. The fraction of sp³-hybridized carbons (Fsp3) is 0.222. The minimum atomic E-state index is 0.466. The predicted octanol–water partition coefficient (Wildman–Crippen LogP) is 5.64. The van der Waals surface area contributed by atoms with Crippen molar-refractivity contribution in [2.75, 3.05) is 11.9 Å². The van der Waals surface area contributed by atoms with E-state index >= 15 is 0 Å². The van der Waals surface area contributed by atoms with Gasteiger partial charge in [0.05, 0.1) is 26.0 Å². The van der Waals surface area contributed by atoms with Gasteiger partial charge < -0.3 is 11.1 Å². The summed E-state index contributed by atoms with van der Waals surface area (Å²) in [6.45, 7) is 6.52. The quantitative estimate of drug-likeness (QED) is 0.532. The van der Waals surface area contributed by atoms with Crippen LogP contribution in [0.15, 0.2) is 36.5 Å². The summed E-state index contributed by atoms with van der Waals surface area (Å²) in [5, 5.41) is 4.30. The number of hydrogen-bond acceptors (Lipinski definition) is 5. The molecule has 2 aromatic heterocycles. The van der Waals surface area contributed by atoms with Crippen molar-refractivity contribution in [3.8, 4) is 10.6 Å². The Labute approximate surface area is 160 Å². The fourth-order valence-corrected chi connectivity index (χ4v) is 3.60. The van der Waals surface area contributed by atoms with Crippen LogP contribution in [0.25, 0.3) is 21.6 Å². The molecule has 0 aliphatic rings. The normalized spacial score (nSPS) is 11.0. The summed E-state index contributed by atoms with van der Waals surface area (Å²) in [5.74, 6) is 0.732. The Balaban J connectivity index is 2.01. The van der Waals surface area contributed by atoms with Crippen LogP contribution in [0.5, 0.6) is 0 Å². The first-order valence-electron chi connectivity index (χ1n) is 7.85. The van der Waals surface area contributed by atoms with Gasteiger partial charge in [-0.1, -0.05) is 29.8 Å². The van der Waals surface area contributed by atoms with E-state index in [2.05, 4.69) is 31.0 Å². The average molecular weight is 393 g/mol. The van der Waals surface area contributed by atoms with Crippen molar-refractivity contribution >= 4 is 51.4 Å². The van der Waals surface area contributed by atoms with Crippen LogP contribution in [0.4, 0.5) is 5.82 Å². The molecule has 0 fully saturated rings. The topological polar surface area (TPSA) is 63.8 Å². The number of nitrogens with one attached hydrogen (secondary N) is 1. The molecule has 0 radical (unpaired) electrons. The van der Waals surface area contributed by atoms with Crippen molar-refractivity contribution in [3.63, 3.8) is 0 Å². The summed E-state index contributed by atoms with van der Waals surface area (Å²) >= 11 is 13.9. The third kappa shape index (κ3) is 4.24. The first-order chi connectivity index (χ1) is 11.9. The van der Waals surface area contributed by atoms with E-state index in [-0.39, 0.29) is 0 Å². The molecule has 1 aromatic carbocycles. The van der Waals surface area contributed by atoms with Crippen LogP contribution < -0.4 is 11.1 Å². The van der Waals surface area contributed by atoms with Crippen molar-refractivity contribution in [3.05, 3.63) is 51.5 Å². The summed E-state index contributed by atoms with van der Waals surface area (Å²) in [6.07, 6.45) is 1.64. The number of benzene rings is 1. The van der Waals surface area contributed by atoms with Gasteiger partial charge in [-0.25, -0.2) is 9.97 Å². The smallest absolute Gasteiger partial charge is 0.154 e. The zero-order valence-corrected chi connectivity index (χ0v) is 16.1. The number of anilines is 1. The number of thiophene rings is 1. The number of nitrogens with two attached hydrogens (primary N) is 1. The second-order valence-electron chi connectivity index (χ2n) is 5.77. The summed E-state index contributed by atoms with van der Waals surface area (Å²) in [4.78, 5) is 11.8. The molecule has 2 heterocycles. The summed E-state index contributed by atoms with van der Waals surface area (Å²) in [6, 6.07) is 7.62. The molecule has 0 aliphatic heterocycles. The summed E-state index contributed by atoms with van der Waals surface area (Å²) in [7, 11) is 0. The molecule has 0 spiro atoms. The van der Waals surface area contributed by atoms with E-state index in [0.717, 1.165) is 41.3 Å². The van der Waals surface area contributed by atoms with Crippen molar-refractivity contribution in [1.29, 1.82) is 0 Å². The van der Waals surface area contributed by atoms with Crippen molar-refractivity contribution in [2.45, 2.75) is 19.8 Å². The van der Waals surface area contributed by atoms with Gasteiger partial charge >= 0.3 is 0 Å². The van der Waals surface area contributed by atoms with Gasteiger partial charge in [-0.05, 0) is 44.0 Å². The molecule has 0 aliphatic carbocycles. The first-order valence-corrected chi connectivity index (χ1v) is 9.42. The van der Waals surface area contributed by atoms with E-state index in [0.29, 0.717) is 21.3 Å². The maximum atomic E-state index is 6.13. The molecule has 0 saturated carbocycles. The molecular formula is C18H18Cl2N4S. The van der Waals surface area contributed by atoms with E-state index in [4.69, 9.17) is 38.9 Å². The van der Waals surface area contributed by atoms with Crippen LogP contribution in [-0.4, -0.2) is 16.5 Å². The van der Waals surface area contributed by atoms with Gasteiger partial charge in [0.25, 0.3) is 0 Å². The molecule has 3 aromatic rings. The molecule has 0 amide bonds. The minimum absolute atomic E-state index is 0.466. The number of aryl methyl sites for hydroxylation is 1. The molecule has 25 heavy (non-hydrogen) atoms. The Morgan fingerprint density at radius 2 is 1.88 bits per heavy atom. The molecule has 7 heteroatoms. The first kappa shape index (κ1) is 18.0. The minimum Gasteiger partial charge on any atom is -0.403 e. The van der Waals surface area contributed by atoms with E-state index in [1.54, 1.807) is 23.5 Å². The lowest BCUT2D eigenvalue weighted by Crippen LogP contribution is -2.07. The van der Waals surface area contributed by atoms with Gasteiger partial charge in [0.1, 0.15) is 5.69 Å². The highest BCUT2D eigenvalue weighted by atomic mass is 35.5. The highest BCUT2D eigenvalue weighted by molar-refractivity contribution is 7.15. The van der Waals surface area contributed by atoms with E-state index < -0.39 is 0 Å². The SMILES string of the molecule is C=C(N)CCCNc1nc2cc(Cl)c(Cl)cc2nc1-c1ccc(C)s1. The maximum absolute atomic E-state index is 6.13. The van der Waals surface area contributed by atoms with Gasteiger partial charge in [0.2, 0.25) is 0 Å². The predicted molar refractivity (Wildman–Crippen MR) is 109 cm³/mol. The van der Waals surface area contributed by atoms with E-state index in [1.165, 1.54) is 4.88 Å². The van der Waals surface area contributed by atoms with Crippen LogP contribution in [-0.2, 0) is 0 Å².